The molecule has 0 bridgehead atoms. The van der Waals surface area contributed by atoms with Crippen molar-refractivity contribution >= 4 is 17.1 Å². The maximum atomic E-state index is 8.92. The number of nitrogens with zero attached hydrogens (tertiary/aromatic N) is 2. The number of anilines is 3. The third-order valence-corrected chi connectivity index (χ3v) is 3.00. The monoisotopic (exact) mass is 251 g/mol. The average molecular weight is 251 g/mol. The highest BCUT2D eigenvalue weighted by Crippen LogP contribution is 2.23. The fourth-order valence-electron chi connectivity index (χ4n) is 1.90. The minimum absolute atomic E-state index is 0.715. The third kappa shape index (κ3) is 3.05. The summed E-state index contributed by atoms with van der Waals surface area (Å²) in [7, 11) is 4.04. The molecule has 96 valence electrons. The van der Waals surface area contributed by atoms with Gasteiger partial charge in [-0.15, -0.1) is 0 Å². The molecule has 0 amide bonds. The number of aryl methyl sites for hydroxylation is 1. The highest BCUT2D eigenvalue weighted by atomic mass is 15.1. The standard InChI is InChI=1S/C16H17N3/c1-12-9-15(8-7-13(12)11-17)18-14-5-4-6-16(10-14)19(2)3/h4-10,18H,1-3H3. The zero-order chi connectivity index (χ0) is 13.8. The number of nitriles is 1. The van der Waals surface area contributed by atoms with Gasteiger partial charge < -0.3 is 10.2 Å². The summed E-state index contributed by atoms with van der Waals surface area (Å²) in [4.78, 5) is 2.06. The predicted molar refractivity (Wildman–Crippen MR) is 79.9 cm³/mol. The zero-order valence-electron chi connectivity index (χ0n) is 11.4. The molecule has 0 aliphatic heterocycles. The first-order valence-electron chi connectivity index (χ1n) is 6.15. The summed E-state index contributed by atoms with van der Waals surface area (Å²) in [5.41, 5.74) is 4.88. The lowest BCUT2D eigenvalue weighted by Crippen LogP contribution is -2.08. The molecular formula is C16H17N3. The summed E-state index contributed by atoms with van der Waals surface area (Å²) in [6, 6.07) is 16.1. The molecule has 2 aromatic rings. The Hall–Kier alpha value is -2.47. The lowest BCUT2D eigenvalue weighted by Gasteiger charge is -2.14. The van der Waals surface area contributed by atoms with Crippen LogP contribution in [0.5, 0.6) is 0 Å². The van der Waals surface area contributed by atoms with E-state index >= 15 is 0 Å². The molecule has 1 N–H and O–H groups in total. The maximum Gasteiger partial charge on any atom is 0.0994 e. The Kier molecular flexibility index (Phi) is 3.72. The van der Waals surface area contributed by atoms with E-state index in [-0.39, 0.29) is 0 Å². The summed E-state index contributed by atoms with van der Waals surface area (Å²) in [5.74, 6) is 0. The summed E-state index contributed by atoms with van der Waals surface area (Å²) >= 11 is 0. The smallest absolute Gasteiger partial charge is 0.0994 e. The second-order valence-electron chi connectivity index (χ2n) is 4.71. The largest absolute Gasteiger partial charge is 0.378 e. The molecule has 0 atom stereocenters. The van der Waals surface area contributed by atoms with Crippen LogP contribution in [0.25, 0.3) is 0 Å². The van der Waals surface area contributed by atoms with Gasteiger partial charge >= 0.3 is 0 Å². The van der Waals surface area contributed by atoms with Gasteiger partial charge in [-0.3, -0.25) is 0 Å². The second kappa shape index (κ2) is 5.45. The molecule has 0 unspecified atom stereocenters. The Morgan fingerprint density at radius 1 is 1.05 bits per heavy atom. The fourth-order valence-corrected chi connectivity index (χ4v) is 1.90. The van der Waals surface area contributed by atoms with Crippen LogP contribution >= 0.6 is 0 Å². The highest BCUT2D eigenvalue weighted by molar-refractivity contribution is 5.66. The minimum Gasteiger partial charge on any atom is -0.378 e. The highest BCUT2D eigenvalue weighted by Gasteiger charge is 2.01. The van der Waals surface area contributed by atoms with E-state index in [0.717, 1.165) is 22.6 Å². The Morgan fingerprint density at radius 3 is 2.42 bits per heavy atom. The molecule has 3 nitrogen and oxygen atoms in total. The lowest BCUT2D eigenvalue weighted by molar-refractivity contribution is 1.13. The van der Waals surface area contributed by atoms with Gasteiger partial charge in [0.05, 0.1) is 11.6 Å². The van der Waals surface area contributed by atoms with E-state index < -0.39 is 0 Å². The predicted octanol–water partition coefficient (Wildman–Crippen LogP) is 3.68. The number of nitrogens with one attached hydrogen (secondary N) is 1. The van der Waals surface area contributed by atoms with Gasteiger partial charge in [-0.1, -0.05) is 6.07 Å². The van der Waals surface area contributed by atoms with Crippen molar-refractivity contribution in [3.05, 3.63) is 53.6 Å². The minimum atomic E-state index is 0.715. The molecule has 0 saturated carbocycles. The molecule has 2 rings (SSSR count). The number of rotatable bonds is 3. The summed E-state index contributed by atoms with van der Waals surface area (Å²) in [6.45, 7) is 1.94. The van der Waals surface area contributed by atoms with Gasteiger partial charge in [-0.25, -0.2) is 0 Å². The van der Waals surface area contributed by atoms with Crippen LogP contribution in [0, 0.1) is 18.3 Å². The van der Waals surface area contributed by atoms with Crippen LogP contribution in [0.15, 0.2) is 42.5 Å². The van der Waals surface area contributed by atoms with Gasteiger partial charge in [0.25, 0.3) is 0 Å². The lowest BCUT2D eigenvalue weighted by atomic mass is 10.1. The van der Waals surface area contributed by atoms with Crippen molar-refractivity contribution in [1.82, 2.24) is 0 Å². The van der Waals surface area contributed by atoms with Crippen molar-refractivity contribution in [2.45, 2.75) is 6.92 Å². The molecule has 3 heteroatoms. The van der Waals surface area contributed by atoms with Crippen molar-refractivity contribution < 1.29 is 0 Å². The molecule has 0 radical (unpaired) electrons. The SMILES string of the molecule is Cc1cc(Nc2cccc(N(C)C)c2)ccc1C#N. The van der Waals surface area contributed by atoms with Crippen LogP contribution in [0.2, 0.25) is 0 Å². The van der Waals surface area contributed by atoms with Crippen molar-refractivity contribution in [2.75, 3.05) is 24.3 Å². The maximum absolute atomic E-state index is 8.92. The van der Waals surface area contributed by atoms with E-state index in [1.54, 1.807) is 0 Å². The third-order valence-electron chi connectivity index (χ3n) is 3.00. The normalized spacial score (nSPS) is 9.79. The van der Waals surface area contributed by atoms with Gasteiger partial charge in [-0.2, -0.15) is 5.26 Å². The van der Waals surface area contributed by atoms with E-state index in [0.29, 0.717) is 5.56 Å². The molecule has 0 spiro atoms. The molecular weight excluding hydrogens is 234 g/mol. The molecule has 0 saturated heterocycles. The van der Waals surface area contributed by atoms with Crippen LogP contribution in [0.4, 0.5) is 17.1 Å². The van der Waals surface area contributed by atoms with Crippen molar-refractivity contribution in [3.8, 4) is 6.07 Å². The first-order chi connectivity index (χ1) is 9.10. The Bertz CT molecular complexity index is 624. The summed E-state index contributed by atoms with van der Waals surface area (Å²) in [5, 5.41) is 12.3. The van der Waals surface area contributed by atoms with Gasteiger partial charge in [-0.05, 0) is 48.9 Å². The van der Waals surface area contributed by atoms with Crippen molar-refractivity contribution in [1.29, 1.82) is 5.26 Å². The Balaban J connectivity index is 2.24. The van der Waals surface area contributed by atoms with Crippen LogP contribution in [0.3, 0.4) is 0 Å². The van der Waals surface area contributed by atoms with E-state index in [1.165, 1.54) is 0 Å². The van der Waals surface area contributed by atoms with Crippen molar-refractivity contribution in [3.63, 3.8) is 0 Å². The van der Waals surface area contributed by atoms with E-state index in [1.807, 2.05) is 51.4 Å². The summed E-state index contributed by atoms with van der Waals surface area (Å²) in [6.07, 6.45) is 0. The van der Waals surface area contributed by atoms with Gasteiger partial charge in [0, 0.05) is 31.2 Å². The molecule has 0 fully saturated rings. The van der Waals surface area contributed by atoms with Gasteiger partial charge in [0.15, 0.2) is 0 Å². The molecule has 0 aliphatic carbocycles. The van der Waals surface area contributed by atoms with Crippen molar-refractivity contribution in [2.24, 2.45) is 0 Å². The number of benzene rings is 2. The first-order valence-corrected chi connectivity index (χ1v) is 6.15. The molecule has 2 aromatic carbocycles. The van der Waals surface area contributed by atoms with Crippen LogP contribution in [0.1, 0.15) is 11.1 Å². The Labute approximate surface area is 114 Å². The molecule has 0 heterocycles. The topological polar surface area (TPSA) is 39.1 Å². The Morgan fingerprint density at radius 2 is 1.79 bits per heavy atom. The van der Waals surface area contributed by atoms with Crippen LogP contribution in [-0.2, 0) is 0 Å². The van der Waals surface area contributed by atoms with E-state index in [9.17, 15) is 0 Å². The molecule has 0 aliphatic rings. The quantitative estimate of drug-likeness (QED) is 0.904. The van der Waals surface area contributed by atoms with Crippen LogP contribution < -0.4 is 10.2 Å². The first kappa shape index (κ1) is 13.0. The van der Waals surface area contributed by atoms with Crippen LogP contribution in [-0.4, -0.2) is 14.1 Å². The zero-order valence-corrected chi connectivity index (χ0v) is 11.4. The van der Waals surface area contributed by atoms with E-state index in [2.05, 4.69) is 28.4 Å². The average Bonchev–Trinajstić information content (AvgIpc) is 2.39. The number of hydrogen-bond donors (Lipinski definition) is 1. The van der Waals surface area contributed by atoms with Gasteiger partial charge in [0.2, 0.25) is 0 Å². The molecule has 0 aromatic heterocycles. The molecule has 19 heavy (non-hydrogen) atoms. The summed E-state index contributed by atoms with van der Waals surface area (Å²) < 4.78 is 0. The second-order valence-corrected chi connectivity index (χ2v) is 4.71. The fraction of sp³-hybridized carbons (Fsp3) is 0.188. The number of hydrogen-bond acceptors (Lipinski definition) is 3. The van der Waals surface area contributed by atoms with E-state index in [4.69, 9.17) is 5.26 Å². The van der Waals surface area contributed by atoms with Gasteiger partial charge in [0.1, 0.15) is 0 Å².